The lowest BCUT2D eigenvalue weighted by Crippen LogP contribution is -2.21. The van der Waals surface area contributed by atoms with Crippen molar-refractivity contribution in [1.29, 1.82) is 0 Å². The zero-order valence-corrected chi connectivity index (χ0v) is 10.6. The van der Waals surface area contributed by atoms with Crippen LogP contribution in [0.15, 0.2) is 52.2 Å². The summed E-state index contributed by atoms with van der Waals surface area (Å²) in [7, 11) is 0. The first-order chi connectivity index (χ1) is 9.25. The molecule has 1 aromatic heterocycles. The predicted octanol–water partition coefficient (Wildman–Crippen LogP) is 2.51. The zero-order valence-electron chi connectivity index (χ0n) is 10.6. The van der Waals surface area contributed by atoms with Gasteiger partial charge >= 0.3 is 0 Å². The summed E-state index contributed by atoms with van der Waals surface area (Å²) in [5.74, 6) is 0.165. The first-order valence-corrected chi connectivity index (χ1v) is 6.21. The molecule has 19 heavy (non-hydrogen) atoms. The van der Waals surface area contributed by atoms with Gasteiger partial charge in [-0.1, -0.05) is 29.8 Å². The third-order valence-corrected chi connectivity index (χ3v) is 3.28. The molecule has 1 aromatic carbocycles. The molecular formula is C15H14N2O2. The highest BCUT2D eigenvalue weighted by atomic mass is 16.3. The molecule has 0 aliphatic carbocycles. The minimum Gasteiger partial charge on any atom is -0.461 e. The third kappa shape index (κ3) is 2.17. The van der Waals surface area contributed by atoms with E-state index in [0.29, 0.717) is 18.0 Å². The molecule has 1 aliphatic rings. The number of benzene rings is 1. The van der Waals surface area contributed by atoms with Gasteiger partial charge in [-0.15, -0.1) is 0 Å². The Labute approximate surface area is 111 Å². The zero-order chi connectivity index (χ0) is 13.2. The highest BCUT2D eigenvalue weighted by Gasteiger charge is 2.30. The van der Waals surface area contributed by atoms with E-state index in [1.165, 1.54) is 11.8 Å². The standard InChI is InChI=1S/C15H14N2O2/c1-10-4-6-11(7-5-10)12-9-16-17-14(12)15(18)13-3-2-8-19-13/h2-8,12,16H,9H2,1H3. The SMILES string of the molecule is Cc1ccc(C2CNN=C2C(=O)c2ccco2)cc1. The third-order valence-electron chi connectivity index (χ3n) is 3.28. The average molecular weight is 254 g/mol. The lowest BCUT2D eigenvalue weighted by atomic mass is 9.91. The number of Topliss-reactive ketones (excluding diaryl/α,β-unsaturated/α-hetero) is 1. The highest BCUT2D eigenvalue weighted by molar-refractivity contribution is 6.47. The molecular weight excluding hydrogens is 240 g/mol. The summed E-state index contributed by atoms with van der Waals surface area (Å²) in [5, 5.41) is 4.13. The van der Waals surface area contributed by atoms with Crippen LogP contribution in [-0.2, 0) is 0 Å². The number of aryl methyl sites for hydroxylation is 1. The van der Waals surface area contributed by atoms with Gasteiger partial charge < -0.3 is 9.84 Å². The number of ketones is 1. The Balaban J connectivity index is 1.89. The Morgan fingerprint density at radius 1 is 1.32 bits per heavy atom. The summed E-state index contributed by atoms with van der Waals surface area (Å²) in [4.78, 5) is 12.3. The lowest BCUT2D eigenvalue weighted by molar-refractivity contribution is 0.103. The molecule has 96 valence electrons. The fourth-order valence-electron chi connectivity index (χ4n) is 2.21. The molecule has 0 bridgehead atoms. The summed E-state index contributed by atoms with van der Waals surface area (Å²) in [5.41, 5.74) is 5.71. The number of carbonyl (C=O) groups excluding carboxylic acids is 1. The molecule has 1 N–H and O–H groups in total. The number of hydrogen-bond acceptors (Lipinski definition) is 4. The Kier molecular flexibility index (Phi) is 2.91. The summed E-state index contributed by atoms with van der Waals surface area (Å²) >= 11 is 0. The van der Waals surface area contributed by atoms with E-state index in [2.05, 4.69) is 10.5 Å². The molecule has 2 heterocycles. The Morgan fingerprint density at radius 2 is 2.11 bits per heavy atom. The van der Waals surface area contributed by atoms with Crippen molar-refractivity contribution in [2.45, 2.75) is 12.8 Å². The lowest BCUT2D eigenvalue weighted by Gasteiger charge is -2.11. The van der Waals surface area contributed by atoms with Gasteiger partial charge in [0.25, 0.3) is 0 Å². The molecule has 0 saturated heterocycles. The van der Waals surface area contributed by atoms with Crippen LogP contribution in [0.3, 0.4) is 0 Å². The molecule has 0 saturated carbocycles. The molecule has 0 spiro atoms. The van der Waals surface area contributed by atoms with Crippen molar-refractivity contribution in [2.75, 3.05) is 6.54 Å². The molecule has 0 radical (unpaired) electrons. The largest absolute Gasteiger partial charge is 0.461 e. The topological polar surface area (TPSA) is 54.6 Å². The van der Waals surface area contributed by atoms with E-state index < -0.39 is 0 Å². The van der Waals surface area contributed by atoms with E-state index in [1.54, 1.807) is 12.1 Å². The molecule has 0 amide bonds. The van der Waals surface area contributed by atoms with E-state index >= 15 is 0 Å². The molecule has 4 nitrogen and oxygen atoms in total. The van der Waals surface area contributed by atoms with Crippen molar-refractivity contribution < 1.29 is 9.21 Å². The number of hydrazone groups is 1. The minimum absolute atomic E-state index is 0.0156. The van der Waals surface area contributed by atoms with Crippen LogP contribution in [0, 0.1) is 6.92 Å². The van der Waals surface area contributed by atoms with Crippen LogP contribution in [0.5, 0.6) is 0 Å². The van der Waals surface area contributed by atoms with Crippen LogP contribution in [0.1, 0.15) is 27.6 Å². The number of rotatable bonds is 3. The van der Waals surface area contributed by atoms with Crippen LogP contribution in [0.25, 0.3) is 0 Å². The van der Waals surface area contributed by atoms with E-state index in [1.807, 2.05) is 31.2 Å². The number of furan rings is 1. The van der Waals surface area contributed by atoms with Gasteiger partial charge in [-0.25, -0.2) is 0 Å². The highest BCUT2D eigenvalue weighted by Crippen LogP contribution is 2.23. The molecule has 2 aromatic rings. The minimum atomic E-state index is -0.152. The molecule has 4 heteroatoms. The molecule has 1 unspecified atom stereocenters. The van der Waals surface area contributed by atoms with Crippen LogP contribution in [-0.4, -0.2) is 18.0 Å². The van der Waals surface area contributed by atoms with Gasteiger partial charge in [0.15, 0.2) is 5.76 Å². The molecule has 0 fully saturated rings. The number of nitrogens with one attached hydrogen (secondary N) is 1. The Bertz CT molecular complexity index is 612. The summed E-state index contributed by atoms with van der Waals surface area (Å²) in [6, 6.07) is 11.5. The molecule has 1 atom stereocenters. The van der Waals surface area contributed by atoms with Crippen LogP contribution < -0.4 is 5.43 Å². The Morgan fingerprint density at radius 3 is 2.79 bits per heavy atom. The summed E-state index contributed by atoms with van der Waals surface area (Å²) in [6.45, 7) is 2.69. The fraction of sp³-hybridized carbons (Fsp3) is 0.200. The van der Waals surface area contributed by atoms with Crippen molar-refractivity contribution in [2.24, 2.45) is 5.10 Å². The molecule has 1 aliphatic heterocycles. The van der Waals surface area contributed by atoms with Crippen LogP contribution in [0.2, 0.25) is 0 Å². The second kappa shape index (κ2) is 4.72. The second-order valence-electron chi connectivity index (χ2n) is 4.63. The number of carbonyl (C=O) groups is 1. The van der Waals surface area contributed by atoms with E-state index in [-0.39, 0.29) is 11.7 Å². The smallest absolute Gasteiger partial charge is 0.244 e. The van der Waals surface area contributed by atoms with Crippen molar-refractivity contribution in [3.63, 3.8) is 0 Å². The first-order valence-electron chi connectivity index (χ1n) is 6.21. The van der Waals surface area contributed by atoms with Crippen LogP contribution >= 0.6 is 0 Å². The molecule has 3 rings (SSSR count). The normalized spacial score (nSPS) is 17.9. The van der Waals surface area contributed by atoms with Crippen molar-refractivity contribution in [1.82, 2.24) is 5.43 Å². The monoisotopic (exact) mass is 254 g/mol. The maximum atomic E-state index is 12.3. The van der Waals surface area contributed by atoms with Gasteiger partial charge in [-0.2, -0.15) is 5.10 Å². The van der Waals surface area contributed by atoms with Gasteiger partial charge in [0.1, 0.15) is 5.71 Å². The van der Waals surface area contributed by atoms with E-state index in [4.69, 9.17) is 4.42 Å². The second-order valence-corrected chi connectivity index (χ2v) is 4.63. The van der Waals surface area contributed by atoms with E-state index in [0.717, 1.165) is 5.56 Å². The summed E-state index contributed by atoms with van der Waals surface area (Å²) in [6.07, 6.45) is 1.50. The average Bonchev–Trinajstić information content (AvgIpc) is 3.10. The fourth-order valence-corrected chi connectivity index (χ4v) is 2.21. The maximum Gasteiger partial charge on any atom is 0.244 e. The first kappa shape index (κ1) is 11.7. The van der Waals surface area contributed by atoms with Crippen molar-refractivity contribution in [3.8, 4) is 0 Å². The van der Waals surface area contributed by atoms with Crippen molar-refractivity contribution in [3.05, 3.63) is 59.5 Å². The quantitative estimate of drug-likeness (QED) is 0.856. The Hall–Kier alpha value is -2.36. The van der Waals surface area contributed by atoms with Crippen LogP contribution in [0.4, 0.5) is 0 Å². The number of hydrogen-bond donors (Lipinski definition) is 1. The van der Waals surface area contributed by atoms with Gasteiger partial charge in [-0.3, -0.25) is 4.79 Å². The van der Waals surface area contributed by atoms with Gasteiger partial charge in [0, 0.05) is 6.54 Å². The van der Waals surface area contributed by atoms with Crippen molar-refractivity contribution >= 4 is 11.5 Å². The van der Waals surface area contributed by atoms with Gasteiger partial charge in [0.2, 0.25) is 5.78 Å². The summed E-state index contributed by atoms with van der Waals surface area (Å²) < 4.78 is 5.15. The number of nitrogens with zero attached hydrogens (tertiary/aromatic N) is 1. The van der Waals surface area contributed by atoms with Gasteiger partial charge in [0.05, 0.1) is 12.2 Å². The van der Waals surface area contributed by atoms with E-state index in [9.17, 15) is 4.79 Å². The van der Waals surface area contributed by atoms with Gasteiger partial charge in [-0.05, 0) is 24.6 Å². The maximum absolute atomic E-state index is 12.3. The predicted molar refractivity (Wildman–Crippen MR) is 72.4 cm³/mol.